The van der Waals surface area contributed by atoms with E-state index in [1.165, 1.54) is 24.3 Å². The number of rotatable bonds is 5. The van der Waals surface area contributed by atoms with E-state index in [9.17, 15) is 31.5 Å². The Morgan fingerprint density at radius 2 is 1.83 bits per heavy atom. The molecule has 3 rings (SSSR count). The third-order valence-electron chi connectivity index (χ3n) is 4.71. The lowest BCUT2D eigenvalue weighted by Gasteiger charge is -2.29. The SMILES string of the molecule is Cl.O=C(O)C[C@]1(c2ccc(-c3ccc(OC(F)(F)F)cc3)s2)CCNCCS1(=O)=O. The molecule has 2 heterocycles. The predicted molar refractivity (Wildman–Crippen MR) is 109 cm³/mol. The first-order chi connectivity index (χ1) is 13.5. The van der Waals surface area contributed by atoms with Gasteiger partial charge >= 0.3 is 12.3 Å². The summed E-state index contributed by atoms with van der Waals surface area (Å²) in [5, 5.41) is 12.4. The molecule has 1 aromatic heterocycles. The largest absolute Gasteiger partial charge is 0.573 e. The molecule has 1 atom stereocenters. The lowest BCUT2D eigenvalue weighted by atomic mass is 9.98. The van der Waals surface area contributed by atoms with Crippen molar-refractivity contribution in [2.24, 2.45) is 0 Å². The van der Waals surface area contributed by atoms with E-state index in [0.717, 1.165) is 11.3 Å². The van der Waals surface area contributed by atoms with Crippen LogP contribution in [0.2, 0.25) is 0 Å². The maximum Gasteiger partial charge on any atom is 0.573 e. The Kier molecular flexibility index (Phi) is 7.44. The lowest BCUT2D eigenvalue weighted by Crippen LogP contribution is -2.39. The van der Waals surface area contributed by atoms with Crippen molar-refractivity contribution in [1.29, 1.82) is 0 Å². The highest BCUT2D eigenvalue weighted by Crippen LogP contribution is 2.44. The van der Waals surface area contributed by atoms with Crippen LogP contribution in [0.1, 0.15) is 17.7 Å². The molecular formula is C18H19ClF3NO5S2. The molecule has 0 amide bonds. The van der Waals surface area contributed by atoms with Crippen LogP contribution in [0.3, 0.4) is 0 Å². The number of thiophene rings is 1. The van der Waals surface area contributed by atoms with Gasteiger partial charge in [-0.1, -0.05) is 0 Å². The monoisotopic (exact) mass is 485 g/mol. The minimum Gasteiger partial charge on any atom is -0.481 e. The Morgan fingerprint density at radius 3 is 2.43 bits per heavy atom. The molecule has 1 aliphatic rings. The fourth-order valence-corrected chi connectivity index (χ4v) is 6.90. The molecule has 166 valence electrons. The van der Waals surface area contributed by atoms with Crippen LogP contribution in [0.15, 0.2) is 36.4 Å². The second-order valence-corrected chi connectivity index (χ2v) is 10.1. The van der Waals surface area contributed by atoms with Crippen molar-refractivity contribution >= 4 is 39.6 Å². The minimum atomic E-state index is -4.79. The van der Waals surface area contributed by atoms with E-state index < -0.39 is 33.3 Å². The molecule has 30 heavy (non-hydrogen) atoms. The normalized spacial score (nSPS) is 21.3. The number of ether oxygens (including phenoxy) is 1. The molecule has 1 fully saturated rings. The van der Waals surface area contributed by atoms with Crippen LogP contribution < -0.4 is 10.1 Å². The Morgan fingerprint density at radius 1 is 1.17 bits per heavy atom. The molecule has 1 saturated heterocycles. The molecular weight excluding hydrogens is 467 g/mol. The summed E-state index contributed by atoms with van der Waals surface area (Å²) >= 11 is 1.13. The van der Waals surface area contributed by atoms with Gasteiger partial charge in [0.2, 0.25) is 0 Å². The summed E-state index contributed by atoms with van der Waals surface area (Å²) in [7, 11) is -3.74. The number of halogens is 4. The highest BCUT2D eigenvalue weighted by Gasteiger charge is 2.48. The maximum absolute atomic E-state index is 13.0. The Bertz CT molecular complexity index is 992. The van der Waals surface area contributed by atoms with Crippen LogP contribution in [0.25, 0.3) is 10.4 Å². The Balaban J connectivity index is 0.00000320. The molecule has 0 saturated carbocycles. The number of sulfone groups is 1. The fourth-order valence-electron chi connectivity index (χ4n) is 3.34. The number of hydrogen-bond donors (Lipinski definition) is 2. The van der Waals surface area contributed by atoms with Gasteiger partial charge in [-0.05, 0) is 54.9 Å². The molecule has 0 radical (unpaired) electrons. The molecule has 1 aliphatic heterocycles. The van der Waals surface area contributed by atoms with Crippen LogP contribution in [-0.4, -0.2) is 44.7 Å². The summed E-state index contributed by atoms with van der Waals surface area (Å²) < 4.78 is 65.1. The van der Waals surface area contributed by atoms with Crippen molar-refractivity contribution in [3.63, 3.8) is 0 Å². The van der Waals surface area contributed by atoms with Gasteiger partial charge in [0.15, 0.2) is 9.84 Å². The first kappa shape index (κ1) is 24.4. The van der Waals surface area contributed by atoms with E-state index in [1.54, 1.807) is 12.1 Å². The van der Waals surface area contributed by atoms with Crippen molar-refractivity contribution in [2.45, 2.75) is 24.0 Å². The smallest absolute Gasteiger partial charge is 0.481 e. The zero-order chi connectivity index (χ0) is 21.3. The average molecular weight is 486 g/mol. The summed E-state index contributed by atoms with van der Waals surface area (Å²) in [6.45, 7) is 0.617. The second kappa shape index (κ2) is 9.13. The topological polar surface area (TPSA) is 92.7 Å². The van der Waals surface area contributed by atoms with Gasteiger partial charge in [-0.2, -0.15) is 0 Å². The van der Waals surface area contributed by atoms with Crippen molar-refractivity contribution in [3.8, 4) is 16.2 Å². The van der Waals surface area contributed by atoms with E-state index in [2.05, 4.69) is 10.1 Å². The quantitative estimate of drug-likeness (QED) is 0.669. The molecule has 2 aromatic rings. The Labute approximate surface area is 181 Å². The Hall–Kier alpha value is -1.82. The third kappa shape index (κ3) is 5.26. The van der Waals surface area contributed by atoms with Crippen molar-refractivity contribution in [1.82, 2.24) is 5.32 Å². The van der Waals surface area contributed by atoms with Gasteiger partial charge in [0.1, 0.15) is 10.5 Å². The zero-order valence-electron chi connectivity index (χ0n) is 15.4. The number of carbonyl (C=O) groups is 1. The molecule has 6 nitrogen and oxygen atoms in total. The highest BCUT2D eigenvalue weighted by atomic mass is 35.5. The van der Waals surface area contributed by atoms with Gasteiger partial charge in [-0.3, -0.25) is 4.79 Å². The maximum atomic E-state index is 13.0. The average Bonchev–Trinajstić information content (AvgIpc) is 3.04. The first-order valence-electron chi connectivity index (χ1n) is 8.64. The summed E-state index contributed by atoms with van der Waals surface area (Å²) in [4.78, 5) is 12.5. The van der Waals surface area contributed by atoms with E-state index in [0.29, 0.717) is 21.9 Å². The lowest BCUT2D eigenvalue weighted by molar-refractivity contribution is -0.274. The van der Waals surface area contributed by atoms with Gasteiger partial charge in [0.25, 0.3) is 0 Å². The molecule has 1 aromatic carbocycles. The van der Waals surface area contributed by atoms with Gasteiger partial charge in [-0.25, -0.2) is 8.42 Å². The molecule has 0 aliphatic carbocycles. The predicted octanol–water partition coefficient (Wildman–Crippen LogP) is 3.81. The van der Waals surface area contributed by atoms with Crippen LogP contribution in [0.4, 0.5) is 13.2 Å². The molecule has 0 bridgehead atoms. The van der Waals surface area contributed by atoms with Crippen LogP contribution in [0.5, 0.6) is 5.75 Å². The van der Waals surface area contributed by atoms with E-state index in [-0.39, 0.29) is 36.9 Å². The second-order valence-electron chi connectivity index (χ2n) is 6.62. The van der Waals surface area contributed by atoms with Crippen LogP contribution >= 0.6 is 23.7 Å². The number of aliphatic carboxylic acids is 1. The fraction of sp³-hybridized carbons (Fsp3) is 0.389. The minimum absolute atomic E-state index is 0. The van der Waals surface area contributed by atoms with Crippen molar-refractivity contribution in [2.75, 3.05) is 18.8 Å². The van der Waals surface area contributed by atoms with E-state index >= 15 is 0 Å². The number of carboxylic acid groups (broad SMARTS) is 1. The first-order valence-corrected chi connectivity index (χ1v) is 11.1. The van der Waals surface area contributed by atoms with Crippen LogP contribution in [0, 0.1) is 0 Å². The summed E-state index contributed by atoms with van der Waals surface area (Å²) in [6, 6.07) is 8.44. The highest BCUT2D eigenvalue weighted by molar-refractivity contribution is 7.92. The molecule has 2 N–H and O–H groups in total. The third-order valence-corrected chi connectivity index (χ3v) is 8.68. The summed E-state index contributed by atoms with van der Waals surface area (Å²) in [5.41, 5.74) is 0.574. The standard InChI is InChI=1S/C18H18F3NO5S2.ClH/c19-18(20,21)27-13-3-1-12(2-4-13)14-5-6-15(28-14)17(11-16(23)24)7-8-22-9-10-29(17,25)26;/h1-6,22H,7-11H2,(H,23,24);1H/t17-;/m0./s1. The molecule has 0 unspecified atom stereocenters. The number of nitrogens with one attached hydrogen (secondary N) is 1. The van der Waals surface area contributed by atoms with Crippen LogP contribution in [-0.2, 0) is 19.4 Å². The van der Waals surface area contributed by atoms with Gasteiger partial charge < -0.3 is 15.2 Å². The number of alkyl halides is 3. The molecule has 12 heteroatoms. The van der Waals surface area contributed by atoms with Crippen molar-refractivity contribution in [3.05, 3.63) is 41.3 Å². The van der Waals surface area contributed by atoms with Gasteiger partial charge in [-0.15, -0.1) is 36.9 Å². The molecule has 0 spiro atoms. The summed E-state index contributed by atoms with van der Waals surface area (Å²) in [5.74, 6) is -1.74. The number of hydrogen-bond acceptors (Lipinski definition) is 6. The van der Waals surface area contributed by atoms with Gasteiger partial charge in [0.05, 0.1) is 12.2 Å². The van der Waals surface area contributed by atoms with Gasteiger partial charge in [0, 0.05) is 16.3 Å². The number of carboxylic acids is 1. The van der Waals surface area contributed by atoms with E-state index in [1.807, 2.05) is 0 Å². The van der Waals surface area contributed by atoms with Crippen molar-refractivity contribution < 1.29 is 36.2 Å². The van der Waals surface area contributed by atoms with E-state index in [4.69, 9.17) is 0 Å². The zero-order valence-corrected chi connectivity index (χ0v) is 17.9. The number of benzene rings is 1. The summed E-state index contributed by atoms with van der Waals surface area (Å²) in [6.07, 6.45) is -5.21.